The van der Waals surface area contributed by atoms with Gasteiger partial charge < -0.3 is 15.0 Å². The number of nitrogens with one attached hydrogen (secondary N) is 1. The van der Waals surface area contributed by atoms with Gasteiger partial charge in [0.05, 0.1) is 26.1 Å². The lowest BCUT2D eigenvalue weighted by molar-refractivity contribution is -0.121. The molecule has 1 N–H and O–H groups in total. The van der Waals surface area contributed by atoms with Crippen molar-refractivity contribution in [3.8, 4) is 5.75 Å². The van der Waals surface area contributed by atoms with Crippen molar-refractivity contribution in [2.24, 2.45) is 0 Å². The third kappa shape index (κ3) is 6.39. The summed E-state index contributed by atoms with van der Waals surface area (Å²) < 4.78 is 5.31. The number of carbonyl (C=O) groups excluding carboxylic acids is 2. The number of benzene rings is 4. The summed E-state index contributed by atoms with van der Waals surface area (Å²) in [6.45, 7) is 2.40. The first kappa shape index (κ1) is 24.7. The normalized spacial score (nSPS) is 11.4. The number of anilines is 1. The van der Waals surface area contributed by atoms with E-state index >= 15 is 0 Å². The van der Waals surface area contributed by atoms with Crippen molar-refractivity contribution in [3.63, 3.8) is 0 Å². The fourth-order valence-electron chi connectivity index (χ4n) is 4.05. The standard InChI is InChI=1S/C31H30N2O3/c1-23(26-12-7-4-8-13-26)32-30(34)20-24-16-18-28(19-17-24)33(22-25-10-5-3-6-11-25)31(35)27-14-9-15-29(21-27)36-2/h3-19,21,23H,20,22H2,1-2H3,(H,32,34)/t23-/m1/s1. The summed E-state index contributed by atoms with van der Waals surface area (Å²) >= 11 is 0. The summed E-state index contributed by atoms with van der Waals surface area (Å²) in [4.78, 5) is 27.9. The zero-order valence-electron chi connectivity index (χ0n) is 20.6. The Labute approximate surface area is 212 Å². The van der Waals surface area contributed by atoms with Crippen molar-refractivity contribution >= 4 is 17.5 Å². The minimum atomic E-state index is -0.125. The Morgan fingerprint density at radius 3 is 2.14 bits per heavy atom. The van der Waals surface area contributed by atoms with Crippen LogP contribution in [0.2, 0.25) is 0 Å². The van der Waals surface area contributed by atoms with Crippen LogP contribution in [0.15, 0.2) is 109 Å². The Balaban J connectivity index is 1.51. The van der Waals surface area contributed by atoms with Crippen molar-refractivity contribution < 1.29 is 14.3 Å². The molecule has 0 unspecified atom stereocenters. The Kier molecular flexibility index (Phi) is 8.14. The largest absolute Gasteiger partial charge is 0.497 e. The van der Waals surface area contributed by atoms with Crippen molar-refractivity contribution in [1.82, 2.24) is 5.32 Å². The summed E-state index contributed by atoms with van der Waals surface area (Å²) in [5.41, 5.74) is 4.27. The van der Waals surface area contributed by atoms with Crippen LogP contribution in [0.25, 0.3) is 0 Å². The second kappa shape index (κ2) is 11.8. The molecule has 5 nitrogen and oxygen atoms in total. The topological polar surface area (TPSA) is 58.6 Å². The van der Waals surface area contributed by atoms with Crippen LogP contribution in [-0.2, 0) is 17.8 Å². The maximum absolute atomic E-state index is 13.5. The molecule has 4 rings (SSSR count). The van der Waals surface area contributed by atoms with E-state index in [1.807, 2.05) is 104 Å². The molecule has 0 aliphatic heterocycles. The predicted molar refractivity (Wildman–Crippen MR) is 143 cm³/mol. The maximum Gasteiger partial charge on any atom is 0.258 e. The van der Waals surface area contributed by atoms with Gasteiger partial charge in [-0.15, -0.1) is 0 Å². The average molecular weight is 479 g/mol. The van der Waals surface area contributed by atoms with Gasteiger partial charge in [0.15, 0.2) is 0 Å². The van der Waals surface area contributed by atoms with Gasteiger partial charge in [0.25, 0.3) is 5.91 Å². The SMILES string of the molecule is COc1cccc(C(=O)N(Cc2ccccc2)c2ccc(CC(=O)N[C@H](C)c3ccccc3)cc2)c1. The summed E-state index contributed by atoms with van der Waals surface area (Å²) in [6.07, 6.45) is 0.264. The van der Waals surface area contributed by atoms with Gasteiger partial charge in [-0.05, 0) is 53.9 Å². The van der Waals surface area contributed by atoms with Crippen molar-refractivity contribution in [1.29, 1.82) is 0 Å². The monoisotopic (exact) mass is 478 g/mol. The number of hydrogen-bond donors (Lipinski definition) is 1. The van der Waals surface area contributed by atoms with Crippen LogP contribution in [0.3, 0.4) is 0 Å². The van der Waals surface area contributed by atoms with E-state index in [1.165, 1.54) is 0 Å². The Morgan fingerprint density at radius 2 is 1.47 bits per heavy atom. The first-order valence-electron chi connectivity index (χ1n) is 12.0. The van der Waals surface area contributed by atoms with Gasteiger partial charge in [0, 0.05) is 11.3 Å². The van der Waals surface area contributed by atoms with E-state index < -0.39 is 0 Å². The number of rotatable bonds is 9. The second-order valence-electron chi connectivity index (χ2n) is 8.65. The molecule has 0 aromatic heterocycles. The van der Waals surface area contributed by atoms with E-state index in [9.17, 15) is 9.59 Å². The fourth-order valence-corrected chi connectivity index (χ4v) is 4.05. The predicted octanol–water partition coefficient (Wildman–Crippen LogP) is 5.96. The molecule has 4 aromatic rings. The van der Waals surface area contributed by atoms with E-state index in [2.05, 4.69) is 5.32 Å². The molecule has 182 valence electrons. The van der Waals surface area contributed by atoms with E-state index in [-0.39, 0.29) is 24.3 Å². The van der Waals surface area contributed by atoms with Crippen LogP contribution in [0.5, 0.6) is 5.75 Å². The number of nitrogens with zero attached hydrogens (tertiary/aromatic N) is 1. The van der Waals surface area contributed by atoms with E-state index in [0.717, 1.165) is 22.4 Å². The van der Waals surface area contributed by atoms with Crippen LogP contribution < -0.4 is 15.0 Å². The first-order chi connectivity index (χ1) is 17.5. The average Bonchev–Trinajstić information content (AvgIpc) is 2.93. The molecule has 0 aliphatic rings. The smallest absolute Gasteiger partial charge is 0.258 e. The lowest BCUT2D eigenvalue weighted by Crippen LogP contribution is -2.30. The quantitative estimate of drug-likeness (QED) is 0.323. The molecular formula is C31H30N2O3. The second-order valence-corrected chi connectivity index (χ2v) is 8.65. The van der Waals surface area contributed by atoms with Gasteiger partial charge in [0.2, 0.25) is 5.91 Å². The molecule has 4 aromatic carbocycles. The summed E-state index contributed by atoms with van der Waals surface area (Å²) in [6, 6.07) is 34.4. The van der Waals surface area contributed by atoms with E-state index in [1.54, 1.807) is 24.1 Å². The maximum atomic E-state index is 13.5. The zero-order valence-corrected chi connectivity index (χ0v) is 20.6. The Hall–Kier alpha value is -4.38. The molecule has 0 saturated heterocycles. The molecule has 0 fully saturated rings. The lowest BCUT2D eigenvalue weighted by Gasteiger charge is -2.24. The number of methoxy groups -OCH3 is 1. The molecule has 36 heavy (non-hydrogen) atoms. The van der Waals surface area contributed by atoms with Crippen LogP contribution in [0.4, 0.5) is 5.69 Å². The fraction of sp³-hybridized carbons (Fsp3) is 0.161. The summed E-state index contributed by atoms with van der Waals surface area (Å²) in [5.74, 6) is 0.458. The molecule has 0 bridgehead atoms. The third-order valence-electron chi connectivity index (χ3n) is 6.04. The summed E-state index contributed by atoms with van der Waals surface area (Å²) in [5, 5.41) is 3.05. The Morgan fingerprint density at radius 1 is 0.806 bits per heavy atom. The van der Waals surface area contributed by atoms with E-state index in [0.29, 0.717) is 17.9 Å². The molecule has 0 aliphatic carbocycles. The molecule has 0 radical (unpaired) electrons. The highest BCUT2D eigenvalue weighted by Gasteiger charge is 2.19. The van der Waals surface area contributed by atoms with E-state index in [4.69, 9.17) is 4.74 Å². The highest BCUT2D eigenvalue weighted by molar-refractivity contribution is 6.06. The van der Waals surface area contributed by atoms with Gasteiger partial charge in [-0.3, -0.25) is 9.59 Å². The van der Waals surface area contributed by atoms with Crippen LogP contribution in [0.1, 0.15) is 40.0 Å². The minimum Gasteiger partial charge on any atom is -0.497 e. The Bertz CT molecular complexity index is 1290. The van der Waals surface area contributed by atoms with Gasteiger partial charge in [-0.1, -0.05) is 78.9 Å². The molecule has 2 amide bonds. The van der Waals surface area contributed by atoms with Crippen molar-refractivity contribution in [2.45, 2.75) is 25.9 Å². The molecule has 5 heteroatoms. The lowest BCUT2D eigenvalue weighted by atomic mass is 10.1. The van der Waals surface area contributed by atoms with Crippen LogP contribution in [0, 0.1) is 0 Å². The summed E-state index contributed by atoms with van der Waals surface area (Å²) in [7, 11) is 1.58. The van der Waals surface area contributed by atoms with Gasteiger partial charge in [-0.2, -0.15) is 0 Å². The number of carbonyl (C=O) groups is 2. The number of ether oxygens (including phenoxy) is 1. The molecule has 0 spiro atoms. The van der Waals surface area contributed by atoms with Crippen molar-refractivity contribution in [3.05, 3.63) is 131 Å². The zero-order chi connectivity index (χ0) is 25.3. The molecular weight excluding hydrogens is 448 g/mol. The number of amides is 2. The third-order valence-corrected chi connectivity index (χ3v) is 6.04. The highest BCUT2D eigenvalue weighted by atomic mass is 16.5. The molecule has 1 atom stereocenters. The highest BCUT2D eigenvalue weighted by Crippen LogP contribution is 2.23. The van der Waals surface area contributed by atoms with Crippen LogP contribution in [-0.4, -0.2) is 18.9 Å². The number of hydrogen-bond acceptors (Lipinski definition) is 3. The molecule has 0 saturated carbocycles. The first-order valence-corrected chi connectivity index (χ1v) is 12.0. The molecule has 0 heterocycles. The van der Waals surface area contributed by atoms with Gasteiger partial charge >= 0.3 is 0 Å². The van der Waals surface area contributed by atoms with Gasteiger partial charge in [0.1, 0.15) is 5.75 Å². The van der Waals surface area contributed by atoms with Crippen LogP contribution >= 0.6 is 0 Å². The van der Waals surface area contributed by atoms with Crippen molar-refractivity contribution in [2.75, 3.05) is 12.0 Å². The van der Waals surface area contributed by atoms with Gasteiger partial charge in [-0.25, -0.2) is 0 Å². The minimum absolute atomic E-state index is 0.0484.